The molecule has 0 spiro atoms. The number of hydrogen-bond donors (Lipinski definition) is 2. The molecule has 2 amide bonds. The lowest BCUT2D eigenvalue weighted by Gasteiger charge is -2.20. The second-order valence-corrected chi connectivity index (χ2v) is 8.63. The first kappa shape index (κ1) is 23.8. The average Bonchev–Trinajstić information content (AvgIpc) is 2.89. The molecule has 0 aromatic heterocycles. The van der Waals surface area contributed by atoms with Gasteiger partial charge in [0.05, 0.1) is 11.6 Å². The minimum absolute atomic E-state index is 0.153. The van der Waals surface area contributed by atoms with Crippen LogP contribution < -0.4 is 15.5 Å². The normalized spacial score (nSPS) is 11.4. The summed E-state index contributed by atoms with van der Waals surface area (Å²) in [5.74, 6) is -0.431. The van der Waals surface area contributed by atoms with Crippen molar-refractivity contribution in [2.24, 2.45) is 0 Å². The predicted molar refractivity (Wildman–Crippen MR) is 143 cm³/mol. The first-order valence-electron chi connectivity index (χ1n) is 11.6. The Hall–Kier alpha value is -4.38. The Labute approximate surface area is 206 Å². The molecule has 0 fully saturated rings. The maximum Gasteiger partial charge on any atom is 0.255 e. The van der Waals surface area contributed by atoms with Crippen molar-refractivity contribution in [1.82, 2.24) is 5.32 Å². The Morgan fingerprint density at radius 3 is 1.94 bits per heavy atom. The van der Waals surface area contributed by atoms with Gasteiger partial charge in [0.15, 0.2) is 0 Å². The molecule has 0 radical (unpaired) electrons. The molecular weight excluding hydrogens is 434 g/mol. The fourth-order valence-corrected chi connectivity index (χ4v) is 3.93. The van der Waals surface area contributed by atoms with Crippen molar-refractivity contribution in [3.8, 4) is 11.1 Å². The highest BCUT2D eigenvalue weighted by Gasteiger charge is 2.18. The first-order chi connectivity index (χ1) is 16.9. The quantitative estimate of drug-likeness (QED) is 0.345. The summed E-state index contributed by atoms with van der Waals surface area (Å²) in [5, 5.41) is 5.99. The van der Waals surface area contributed by atoms with Gasteiger partial charge in [0.1, 0.15) is 0 Å². The van der Waals surface area contributed by atoms with E-state index < -0.39 is 0 Å². The van der Waals surface area contributed by atoms with Gasteiger partial charge in [-0.3, -0.25) is 9.59 Å². The average molecular weight is 464 g/mol. The molecule has 0 saturated carbocycles. The van der Waals surface area contributed by atoms with Crippen LogP contribution in [0.1, 0.15) is 39.2 Å². The van der Waals surface area contributed by atoms with E-state index in [1.807, 2.05) is 111 Å². The molecule has 176 valence electrons. The highest BCUT2D eigenvalue weighted by Crippen LogP contribution is 2.25. The molecule has 0 aliphatic heterocycles. The van der Waals surface area contributed by atoms with Gasteiger partial charge in [0.2, 0.25) is 0 Å². The molecule has 2 N–H and O–H groups in total. The highest BCUT2D eigenvalue weighted by atomic mass is 16.2. The number of anilines is 2. The van der Waals surface area contributed by atoms with Gasteiger partial charge in [-0.25, -0.2) is 0 Å². The van der Waals surface area contributed by atoms with Gasteiger partial charge in [0, 0.05) is 31.0 Å². The van der Waals surface area contributed by atoms with Gasteiger partial charge in [-0.2, -0.15) is 0 Å². The number of benzene rings is 4. The van der Waals surface area contributed by atoms with Crippen LogP contribution >= 0.6 is 0 Å². The van der Waals surface area contributed by atoms with Crippen LogP contribution in [0, 0.1) is 0 Å². The second kappa shape index (κ2) is 10.7. The van der Waals surface area contributed by atoms with Crippen LogP contribution in [0.15, 0.2) is 103 Å². The van der Waals surface area contributed by atoms with E-state index >= 15 is 0 Å². The molecule has 4 aromatic carbocycles. The molecular formula is C30H29N3O2. The molecule has 5 heteroatoms. The van der Waals surface area contributed by atoms with Crippen LogP contribution in [0.25, 0.3) is 11.1 Å². The third kappa shape index (κ3) is 5.76. The van der Waals surface area contributed by atoms with Crippen molar-refractivity contribution >= 4 is 23.2 Å². The fraction of sp³-hybridized carbons (Fsp3) is 0.133. The van der Waals surface area contributed by atoms with Gasteiger partial charge in [-0.05, 0) is 53.9 Å². The topological polar surface area (TPSA) is 61.4 Å². The zero-order chi connectivity index (χ0) is 24.8. The Morgan fingerprint density at radius 1 is 0.714 bits per heavy atom. The monoisotopic (exact) mass is 463 g/mol. The lowest BCUT2D eigenvalue weighted by Crippen LogP contribution is -2.28. The molecule has 35 heavy (non-hydrogen) atoms. The first-order valence-corrected chi connectivity index (χ1v) is 11.6. The molecule has 0 saturated heterocycles. The van der Waals surface area contributed by atoms with Gasteiger partial charge < -0.3 is 15.5 Å². The van der Waals surface area contributed by atoms with E-state index in [0.29, 0.717) is 16.8 Å². The second-order valence-electron chi connectivity index (χ2n) is 8.63. The van der Waals surface area contributed by atoms with E-state index in [-0.39, 0.29) is 17.9 Å². The number of carbonyl (C=O) groups excluding carboxylic acids is 2. The Balaban J connectivity index is 1.51. The van der Waals surface area contributed by atoms with Crippen molar-refractivity contribution < 1.29 is 9.59 Å². The molecule has 0 aliphatic carbocycles. The summed E-state index contributed by atoms with van der Waals surface area (Å²) in [4.78, 5) is 28.0. The van der Waals surface area contributed by atoms with E-state index in [4.69, 9.17) is 0 Å². The summed E-state index contributed by atoms with van der Waals surface area (Å²) in [6.45, 7) is 1.95. The molecule has 5 nitrogen and oxygen atoms in total. The third-order valence-electron chi connectivity index (χ3n) is 5.88. The van der Waals surface area contributed by atoms with E-state index in [9.17, 15) is 9.59 Å². The summed E-state index contributed by atoms with van der Waals surface area (Å²) < 4.78 is 0. The zero-order valence-corrected chi connectivity index (χ0v) is 20.2. The molecule has 1 atom stereocenters. The number of hydrogen-bond acceptors (Lipinski definition) is 3. The molecule has 0 heterocycles. The summed E-state index contributed by atoms with van der Waals surface area (Å²) in [6.07, 6.45) is 0. The van der Waals surface area contributed by atoms with E-state index in [1.165, 1.54) is 0 Å². The summed E-state index contributed by atoms with van der Waals surface area (Å²) >= 11 is 0. The SMILES string of the molecule is CC(NC(=O)c1cc(NC(=O)c2ccc(-c3ccccc3)cc2)ccc1N(C)C)c1ccccc1. The summed E-state index contributed by atoms with van der Waals surface area (Å²) in [7, 11) is 3.78. The van der Waals surface area contributed by atoms with E-state index in [2.05, 4.69) is 10.6 Å². The lowest BCUT2D eigenvalue weighted by atomic mass is 10.0. The van der Waals surface area contributed by atoms with Crippen molar-refractivity contribution in [1.29, 1.82) is 0 Å². The Kier molecular flexibility index (Phi) is 7.27. The minimum Gasteiger partial charge on any atom is -0.377 e. The van der Waals surface area contributed by atoms with Crippen LogP contribution in [-0.4, -0.2) is 25.9 Å². The van der Waals surface area contributed by atoms with Crippen molar-refractivity contribution in [3.05, 3.63) is 120 Å². The van der Waals surface area contributed by atoms with Crippen LogP contribution in [0.2, 0.25) is 0 Å². The molecule has 0 bridgehead atoms. The van der Waals surface area contributed by atoms with Crippen molar-refractivity contribution in [2.75, 3.05) is 24.3 Å². The van der Waals surface area contributed by atoms with Gasteiger partial charge in [-0.15, -0.1) is 0 Å². The van der Waals surface area contributed by atoms with Crippen molar-refractivity contribution in [2.45, 2.75) is 13.0 Å². The number of nitrogens with zero attached hydrogens (tertiary/aromatic N) is 1. The van der Waals surface area contributed by atoms with Crippen LogP contribution in [0.5, 0.6) is 0 Å². The third-order valence-corrected chi connectivity index (χ3v) is 5.88. The van der Waals surface area contributed by atoms with Crippen LogP contribution in [-0.2, 0) is 0 Å². The molecule has 4 aromatic rings. The fourth-order valence-electron chi connectivity index (χ4n) is 3.93. The van der Waals surface area contributed by atoms with Crippen molar-refractivity contribution in [3.63, 3.8) is 0 Å². The van der Waals surface area contributed by atoms with Gasteiger partial charge in [0.25, 0.3) is 11.8 Å². The largest absolute Gasteiger partial charge is 0.377 e. The lowest BCUT2D eigenvalue weighted by molar-refractivity contribution is 0.0939. The standard InChI is InChI=1S/C30H29N3O2/c1-21(22-10-6-4-7-11-22)31-30(35)27-20-26(18-19-28(27)33(2)3)32-29(34)25-16-14-24(15-17-25)23-12-8-5-9-13-23/h4-21H,1-3H3,(H,31,35)(H,32,34). The number of nitrogens with one attached hydrogen (secondary N) is 2. The smallest absolute Gasteiger partial charge is 0.255 e. The van der Waals surface area contributed by atoms with Crippen LogP contribution in [0.4, 0.5) is 11.4 Å². The van der Waals surface area contributed by atoms with E-state index in [1.54, 1.807) is 18.2 Å². The van der Waals surface area contributed by atoms with Crippen LogP contribution in [0.3, 0.4) is 0 Å². The molecule has 1 unspecified atom stereocenters. The number of amides is 2. The minimum atomic E-state index is -0.230. The maximum atomic E-state index is 13.2. The number of carbonyl (C=O) groups is 2. The molecule has 0 aliphatic rings. The van der Waals surface area contributed by atoms with E-state index in [0.717, 1.165) is 22.4 Å². The van der Waals surface area contributed by atoms with Gasteiger partial charge in [-0.1, -0.05) is 72.8 Å². The number of rotatable bonds is 7. The Bertz CT molecular complexity index is 1300. The van der Waals surface area contributed by atoms with Gasteiger partial charge >= 0.3 is 0 Å². The molecule has 4 rings (SSSR count). The highest BCUT2D eigenvalue weighted by molar-refractivity contribution is 6.06. The maximum absolute atomic E-state index is 13.2. The summed E-state index contributed by atoms with van der Waals surface area (Å²) in [6, 6.07) is 32.5. The predicted octanol–water partition coefficient (Wildman–Crippen LogP) is 6.16. The zero-order valence-electron chi connectivity index (χ0n) is 20.2. The Morgan fingerprint density at radius 2 is 1.31 bits per heavy atom. The summed E-state index contributed by atoms with van der Waals surface area (Å²) in [5.41, 5.74) is 5.54.